The zero-order chi connectivity index (χ0) is 14.0. The number of benzene rings is 2. The van der Waals surface area contributed by atoms with E-state index < -0.39 is 0 Å². The molecule has 2 nitrogen and oxygen atoms in total. The van der Waals surface area contributed by atoms with Gasteiger partial charge in [-0.1, -0.05) is 35.9 Å². The van der Waals surface area contributed by atoms with E-state index in [1.54, 1.807) is 7.11 Å². The molecule has 3 rings (SSSR count). The third kappa shape index (κ3) is 2.54. The van der Waals surface area contributed by atoms with Gasteiger partial charge in [-0.15, -0.1) is 0 Å². The highest BCUT2D eigenvalue weighted by atomic mass is 35.5. The molecule has 1 N–H and O–H groups in total. The van der Waals surface area contributed by atoms with Gasteiger partial charge in [0, 0.05) is 23.5 Å². The van der Waals surface area contributed by atoms with Crippen molar-refractivity contribution >= 4 is 11.6 Å². The fourth-order valence-electron chi connectivity index (χ4n) is 2.85. The molecule has 0 atom stereocenters. The van der Waals surface area contributed by atoms with Crippen molar-refractivity contribution in [2.75, 3.05) is 20.2 Å². The molecule has 0 aliphatic carbocycles. The van der Waals surface area contributed by atoms with Crippen LogP contribution in [0.15, 0.2) is 48.5 Å². The average molecular weight is 288 g/mol. The second-order valence-corrected chi connectivity index (χ2v) is 5.86. The van der Waals surface area contributed by atoms with Gasteiger partial charge in [0.1, 0.15) is 5.75 Å². The molecule has 1 saturated heterocycles. The molecule has 1 heterocycles. The van der Waals surface area contributed by atoms with Crippen LogP contribution in [0.25, 0.3) is 0 Å². The van der Waals surface area contributed by atoms with E-state index in [0.717, 1.165) is 30.3 Å². The Morgan fingerprint density at radius 1 is 1.15 bits per heavy atom. The van der Waals surface area contributed by atoms with Crippen molar-refractivity contribution in [3.63, 3.8) is 0 Å². The molecule has 3 heteroatoms. The summed E-state index contributed by atoms with van der Waals surface area (Å²) >= 11 is 6.14. The minimum atomic E-state index is 0.150. The summed E-state index contributed by atoms with van der Waals surface area (Å²) in [5.41, 5.74) is 2.76. The SMILES string of the molecule is COc1cccc(CC2(c3cccc(Cl)c3)CNC2)c1. The lowest BCUT2D eigenvalue weighted by Gasteiger charge is -2.43. The first-order chi connectivity index (χ1) is 9.72. The lowest BCUT2D eigenvalue weighted by Crippen LogP contribution is -2.58. The summed E-state index contributed by atoms with van der Waals surface area (Å²) in [6.07, 6.45) is 0.998. The van der Waals surface area contributed by atoms with Crippen LogP contribution < -0.4 is 10.1 Å². The van der Waals surface area contributed by atoms with Crippen molar-refractivity contribution in [2.24, 2.45) is 0 Å². The van der Waals surface area contributed by atoms with Crippen molar-refractivity contribution in [2.45, 2.75) is 11.8 Å². The number of nitrogens with one attached hydrogen (secondary N) is 1. The van der Waals surface area contributed by atoms with Gasteiger partial charge in [0.25, 0.3) is 0 Å². The Morgan fingerprint density at radius 2 is 1.95 bits per heavy atom. The minimum Gasteiger partial charge on any atom is -0.497 e. The van der Waals surface area contributed by atoms with E-state index in [0.29, 0.717) is 0 Å². The summed E-state index contributed by atoms with van der Waals surface area (Å²) in [4.78, 5) is 0. The van der Waals surface area contributed by atoms with Crippen LogP contribution in [0.4, 0.5) is 0 Å². The van der Waals surface area contributed by atoms with Crippen LogP contribution in [0.1, 0.15) is 11.1 Å². The van der Waals surface area contributed by atoms with E-state index in [4.69, 9.17) is 16.3 Å². The second kappa shape index (κ2) is 5.47. The first-order valence-electron chi connectivity index (χ1n) is 6.82. The number of hydrogen-bond acceptors (Lipinski definition) is 2. The van der Waals surface area contributed by atoms with Crippen LogP contribution in [0.2, 0.25) is 5.02 Å². The third-order valence-corrected chi connectivity index (χ3v) is 4.28. The second-order valence-electron chi connectivity index (χ2n) is 5.42. The van der Waals surface area contributed by atoms with Crippen LogP contribution in [0.3, 0.4) is 0 Å². The Labute approximate surface area is 124 Å². The molecule has 20 heavy (non-hydrogen) atoms. The quantitative estimate of drug-likeness (QED) is 0.930. The van der Waals surface area contributed by atoms with Gasteiger partial charge in [0.05, 0.1) is 7.11 Å². The highest BCUT2D eigenvalue weighted by Gasteiger charge is 2.38. The predicted molar refractivity (Wildman–Crippen MR) is 82.7 cm³/mol. The predicted octanol–water partition coefficient (Wildman–Crippen LogP) is 3.43. The summed E-state index contributed by atoms with van der Waals surface area (Å²) in [5.74, 6) is 0.913. The molecule has 0 bridgehead atoms. The smallest absolute Gasteiger partial charge is 0.119 e. The highest BCUT2D eigenvalue weighted by molar-refractivity contribution is 6.30. The van der Waals surface area contributed by atoms with Gasteiger partial charge in [-0.3, -0.25) is 0 Å². The van der Waals surface area contributed by atoms with Gasteiger partial charge in [0.2, 0.25) is 0 Å². The molecule has 2 aromatic carbocycles. The van der Waals surface area contributed by atoms with E-state index in [9.17, 15) is 0 Å². The Kier molecular flexibility index (Phi) is 3.68. The Hall–Kier alpha value is -1.51. The zero-order valence-electron chi connectivity index (χ0n) is 11.5. The van der Waals surface area contributed by atoms with Gasteiger partial charge in [-0.25, -0.2) is 0 Å². The number of ether oxygens (including phenoxy) is 1. The molecule has 104 valence electrons. The van der Waals surface area contributed by atoms with E-state index in [1.165, 1.54) is 11.1 Å². The van der Waals surface area contributed by atoms with Crippen molar-refractivity contribution in [3.8, 4) is 5.75 Å². The summed E-state index contributed by atoms with van der Waals surface area (Å²) < 4.78 is 5.31. The third-order valence-electron chi connectivity index (χ3n) is 4.04. The normalized spacial score (nSPS) is 16.5. The number of hydrogen-bond donors (Lipinski definition) is 1. The lowest BCUT2D eigenvalue weighted by molar-refractivity contribution is 0.274. The first kappa shape index (κ1) is 13.5. The summed E-state index contributed by atoms with van der Waals surface area (Å²) in [5, 5.41) is 4.20. The number of halogens is 1. The standard InChI is InChI=1S/C17H18ClNO/c1-20-16-7-2-4-13(8-16)10-17(11-19-12-17)14-5-3-6-15(18)9-14/h2-9,19H,10-12H2,1H3. The highest BCUT2D eigenvalue weighted by Crippen LogP contribution is 2.34. The van der Waals surface area contributed by atoms with E-state index in [2.05, 4.69) is 29.6 Å². The maximum Gasteiger partial charge on any atom is 0.119 e. The Morgan fingerprint density at radius 3 is 2.60 bits per heavy atom. The number of methoxy groups -OCH3 is 1. The average Bonchev–Trinajstić information content (AvgIpc) is 2.43. The summed E-state index contributed by atoms with van der Waals surface area (Å²) in [6, 6.07) is 16.5. The fraction of sp³-hybridized carbons (Fsp3) is 0.294. The lowest BCUT2D eigenvalue weighted by atomic mass is 9.71. The van der Waals surface area contributed by atoms with Crippen molar-refractivity contribution < 1.29 is 4.74 Å². The van der Waals surface area contributed by atoms with Crippen molar-refractivity contribution in [1.29, 1.82) is 0 Å². The van der Waals surface area contributed by atoms with Crippen LogP contribution in [-0.4, -0.2) is 20.2 Å². The van der Waals surface area contributed by atoms with E-state index >= 15 is 0 Å². The number of rotatable bonds is 4. The molecule has 1 fully saturated rings. The molecule has 0 aromatic heterocycles. The summed E-state index contributed by atoms with van der Waals surface area (Å²) in [7, 11) is 1.71. The fourth-order valence-corrected chi connectivity index (χ4v) is 3.04. The molecule has 2 aromatic rings. The van der Waals surface area contributed by atoms with Gasteiger partial charge < -0.3 is 10.1 Å². The zero-order valence-corrected chi connectivity index (χ0v) is 12.3. The molecule has 0 unspecified atom stereocenters. The maximum atomic E-state index is 6.14. The first-order valence-corrected chi connectivity index (χ1v) is 7.19. The summed E-state index contributed by atoms with van der Waals surface area (Å²) in [6.45, 7) is 1.98. The van der Waals surface area contributed by atoms with Crippen molar-refractivity contribution in [1.82, 2.24) is 5.32 Å². The Bertz CT molecular complexity index is 607. The van der Waals surface area contributed by atoms with Crippen LogP contribution in [-0.2, 0) is 11.8 Å². The van der Waals surface area contributed by atoms with Gasteiger partial charge >= 0.3 is 0 Å². The van der Waals surface area contributed by atoms with Gasteiger partial charge in [0.15, 0.2) is 0 Å². The van der Waals surface area contributed by atoms with Crippen LogP contribution >= 0.6 is 11.6 Å². The van der Waals surface area contributed by atoms with Crippen molar-refractivity contribution in [3.05, 3.63) is 64.7 Å². The van der Waals surface area contributed by atoms with Crippen LogP contribution in [0, 0.1) is 0 Å². The maximum absolute atomic E-state index is 6.14. The van der Waals surface area contributed by atoms with Gasteiger partial charge in [-0.2, -0.15) is 0 Å². The molecular formula is C17H18ClNO. The van der Waals surface area contributed by atoms with E-state index in [1.807, 2.05) is 24.3 Å². The minimum absolute atomic E-state index is 0.150. The molecule has 0 amide bonds. The molecular weight excluding hydrogens is 270 g/mol. The van der Waals surface area contributed by atoms with Gasteiger partial charge in [-0.05, 0) is 41.8 Å². The van der Waals surface area contributed by atoms with E-state index in [-0.39, 0.29) is 5.41 Å². The largest absolute Gasteiger partial charge is 0.497 e. The molecule has 1 aliphatic heterocycles. The molecule has 1 aliphatic rings. The molecule has 0 saturated carbocycles. The van der Waals surface area contributed by atoms with Crippen LogP contribution in [0.5, 0.6) is 5.75 Å². The molecule has 0 spiro atoms. The topological polar surface area (TPSA) is 21.3 Å². The Balaban J connectivity index is 1.89. The monoisotopic (exact) mass is 287 g/mol. The molecule has 0 radical (unpaired) electrons.